The van der Waals surface area contributed by atoms with Crippen LogP contribution in [0.3, 0.4) is 0 Å². The summed E-state index contributed by atoms with van der Waals surface area (Å²) in [5.41, 5.74) is 0.724. The molecule has 0 spiro atoms. The second kappa shape index (κ2) is 5.68. The highest BCUT2D eigenvalue weighted by Crippen LogP contribution is 2.28. The normalized spacial score (nSPS) is 18.7. The predicted octanol–water partition coefficient (Wildman–Crippen LogP) is 2.23. The molecule has 1 aromatic heterocycles. The molecule has 8 heteroatoms. The summed E-state index contributed by atoms with van der Waals surface area (Å²) in [6.45, 7) is -1.11. The Morgan fingerprint density at radius 3 is 2.78 bits per heavy atom. The number of alkyl halides is 3. The average molecular weight is 324 g/mol. The summed E-state index contributed by atoms with van der Waals surface area (Å²) in [4.78, 5) is 23.1. The van der Waals surface area contributed by atoms with E-state index in [0.717, 1.165) is 15.8 Å². The lowest BCUT2D eigenvalue weighted by Crippen LogP contribution is -2.43. The Morgan fingerprint density at radius 1 is 1.30 bits per heavy atom. The van der Waals surface area contributed by atoms with Crippen molar-refractivity contribution >= 4 is 22.6 Å². The van der Waals surface area contributed by atoms with Gasteiger partial charge in [-0.15, -0.1) is 0 Å². The lowest BCUT2D eigenvalue weighted by Gasteiger charge is -2.26. The molecule has 23 heavy (non-hydrogen) atoms. The third-order valence-corrected chi connectivity index (χ3v) is 3.96. The standard InChI is InChI=1S/C15H15F3N4O/c1-21(12-6-7-22(14(12)23)8-15(16,17)18)13-10-4-2-3-5-11(10)19-9-20-13/h2-5,9,12H,6-8H2,1H3. The zero-order valence-electron chi connectivity index (χ0n) is 12.4. The first-order chi connectivity index (χ1) is 10.9. The molecule has 0 N–H and O–H groups in total. The van der Waals surface area contributed by atoms with Gasteiger partial charge in [-0.1, -0.05) is 12.1 Å². The number of anilines is 1. The van der Waals surface area contributed by atoms with E-state index in [-0.39, 0.29) is 6.54 Å². The summed E-state index contributed by atoms with van der Waals surface area (Å²) in [7, 11) is 1.68. The lowest BCUT2D eigenvalue weighted by atomic mass is 10.2. The number of carbonyl (C=O) groups excluding carboxylic acids is 1. The van der Waals surface area contributed by atoms with E-state index in [1.165, 1.54) is 6.33 Å². The highest BCUT2D eigenvalue weighted by atomic mass is 19.4. The fraction of sp³-hybridized carbons (Fsp3) is 0.400. The van der Waals surface area contributed by atoms with Gasteiger partial charge >= 0.3 is 6.18 Å². The quantitative estimate of drug-likeness (QED) is 0.869. The first kappa shape index (κ1) is 15.5. The van der Waals surface area contributed by atoms with Gasteiger partial charge in [0.25, 0.3) is 0 Å². The molecule has 122 valence electrons. The Morgan fingerprint density at radius 2 is 2.04 bits per heavy atom. The molecule has 1 atom stereocenters. The van der Waals surface area contributed by atoms with Crippen LogP contribution in [0, 0.1) is 0 Å². The molecule has 1 aliphatic heterocycles. The predicted molar refractivity (Wildman–Crippen MR) is 79.0 cm³/mol. The molecule has 5 nitrogen and oxygen atoms in total. The Labute approximate surface area is 130 Å². The zero-order chi connectivity index (χ0) is 16.6. The van der Waals surface area contributed by atoms with Gasteiger partial charge in [-0.3, -0.25) is 4.79 Å². The number of amides is 1. The average Bonchev–Trinajstić information content (AvgIpc) is 2.85. The molecular formula is C15H15F3N4O. The summed E-state index contributed by atoms with van der Waals surface area (Å²) in [5.74, 6) is 0.0235. The van der Waals surface area contributed by atoms with Crippen LogP contribution in [-0.4, -0.2) is 53.1 Å². The van der Waals surface area contributed by atoms with Gasteiger partial charge in [-0.25, -0.2) is 9.97 Å². The molecular weight excluding hydrogens is 309 g/mol. The van der Waals surface area contributed by atoms with Crippen LogP contribution in [0.2, 0.25) is 0 Å². The monoisotopic (exact) mass is 324 g/mol. The minimum absolute atomic E-state index is 0.0936. The smallest absolute Gasteiger partial charge is 0.347 e. The number of benzene rings is 1. The molecule has 1 aliphatic rings. The fourth-order valence-electron chi connectivity index (χ4n) is 2.87. The van der Waals surface area contributed by atoms with Crippen molar-refractivity contribution in [1.82, 2.24) is 14.9 Å². The molecule has 1 amide bonds. The maximum Gasteiger partial charge on any atom is 0.406 e. The van der Waals surface area contributed by atoms with E-state index < -0.39 is 24.7 Å². The van der Waals surface area contributed by atoms with E-state index in [2.05, 4.69) is 9.97 Å². The van der Waals surface area contributed by atoms with E-state index in [1.54, 1.807) is 11.9 Å². The Kier molecular flexibility index (Phi) is 3.83. The van der Waals surface area contributed by atoms with Crippen LogP contribution in [-0.2, 0) is 4.79 Å². The number of para-hydroxylation sites is 1. The van der Waals surface area contributed by atoms with Crippen molar-refractivity contribution in [2.75, 3.05) is 25.0 Å². The Balaban J connectivity index is 1.86. The number of halogens is 3. The van der Waals surface area contributed by atoms with Gasteiger partial charge in [-0.2, -0.15) is 13.2 Å². The third kappa shape index (κ3) is 3.06. The van der Waals surface area contributed by atoms with Crippen molar-refractivity contribution in [3.63, 3.8) is 0 Å². The molecule has 0 bridgehead atoms. The van der Waals surface area contributed by atoms with Crippen molar-refractivity contribution in [1.29, 1.82) is 0 Å². The number of nitrogens with zero attached hydrogens (tertiary/aromatic N) is 4. The maximum absolute atomic E-state index is 12.5. The largest absolute Gasteiger partial charge is 0.406 e. The summed E-state index contributed by atoms with van der Waals surface area (Å²) < 4.78 is 37.5. The van der Waals surface area contributed by atoms with Crippen molar-refractivity contribution < 1.29 is 18.0 Å². The van der Waals surface area contributed by atoms with Crippen molar-refractivity contribution in [2.45, 2.75) is 18.6 Å². The van der Waals surface area contributed by atoms with Crippen molar-refractivity contribution in [3.05, 3.63) is 30.6 Å². The molecule has 1 aromatic carbocycles. The van der Waals surface area contributed by atoms with Crippen LogP contribution in [0.5, 0.6) is 0 Å². The van der Waals surface area contributed by atoms with Gasteiger partial charge in [0.15, 0.2) is 0 Å². The molecule has 0 saturated carbocycles. The van der Waals surface area contributed by atoms with E-state index in [0.29, 0.717) is 12.2 Å². The van der Waals surface area contributed by atoms with Crippen molar-refractivity contribution in [2.24, 2.45) is 0 Å². The highest BCUT2D eigenvalue weighted by molar-refractivity contribution is 5.93. The van der Waals surface area contributed by atoms with E-state index in [1.807, 2.05) is 24.3 Å². The SMILES string of the molecule is CN(c1ncnc2ccccc12)C1CCN(CC(F)(F)F)C1=O. The van der Waals surface area contributed by atoms with Gasteiger partial charge in [0.05, 0.1) is 5.52 Å². The molecule has 2 aromatic rings. The van der Waals surface area contributed by atoms with E-state index in [9.17, 15) is 18.0 Å². The third-order valence-electron chi connectivity index (χ3n) is 3.96. The number of fused-ring (bicyclic) bond motifs is 1. The van der Waals surface area contributed by atoms with Gasteiger partial charge < -0.3 is 9.80 Å². The van der Waals surface area contributed by atoms with Gasteiger partial charge in [0, 0.05) is 19.0 Å². The summed E-state index contributed by atoms with van der Waals surface area (Å²) in [6, 6.07) is 6.67. The minimum Gasteiger partial charge on any atom is -0.347 e. The van der Waals surface area contributed by atoms with Crippen LogP contribution >= 0.6 is 0 Å². The van der Waals surface area contributed by atoms with Crippen LogP contribution in [0.1, 0.15) is 6.42 Å². The van der Waals surface area contributed by atoms with Crippen molar-refractivity contribution in [3.8, 4) is 0 Å². The first-order valence-electron chi connectivity index (χ1n) is 7.15. The highest BCUT2D eigenvalue weighted by Gasteiger charge is 2.41. The van der Waals surface area contributed by atoms with E-state index in [4.69, 9.17) is 0 Å². The lowest BCUT2D eigenvalue weighted by molar-refractivity contribution is -0.157. The number of likely N-dealkylation sites (N-methyl/N-ethyl adjacent to an activating group) is 1. The first-order valence-corrected chi connectivity index (χ1v) is 7.15. The van der Waals surface area contributed by atoms with Gasteiger partial charge in [0.2, 0.25) is 5.91 Å². The van der Waals surface area contributed by atoms with Crippen LogP contribution in [0.4, 0.5) is 19.0 Å². The topological polar surface area (TPSA) is 49.3 Å². The minimum atomic E-state index is -4.38. The molecule has 2 heterocycles. The maximum atomic E-state index is 12.5. The zero-order valence-corrected chi connectivity index (χ0v) is 12.4. The molecule has 0 radical (unpaired) electrons. The molecule has 3 rings (SSSR count). The molecule has 1 fully saturated rings. The van der Waals surface area contributed by atoms with Crippen LogP contribution in [0.15, 0.2) is 30.6 Å². The van der Waals surface area contributed by atoms with Gasteiger partial charge in [-0.05, 0) is 18.6 Å². The number of hydrogen-bond acceptors (Lipinski definition) is 4. The summed E-state index contributed by atoms with van der Waals surface area (Å²) >= 11 is 0. The molecule has 1 saturated heterocycles. The van der Waals surface area contributed by atoms with Gasteiger partial charge in [0.1, 0.15) is 24.7 Å². The Bertz CT molecular complexity index is 729. The second-order valence-corrected chi connectivity index (χ2v) is 5.50. The summed E-state index contributed by atoms with van der Waals surface area (Å²) in [6.07, 6.45) is -2.66. The van der Waals surface area contributed by atoms with E-state index >= 15 is 0 Å². The number of likely N-dealkylation sites (tertiary alicyclic amines) is 1. The molecule has 1 unspecified atom stereocenters. The van der Waals surface area contributed by atoms with Crippen LogP contribution in [0.25, 0.3) is 10.9 Å². The number of aromatic nitrogens is 2. The Hall–Kier alpha value is -2.38. The summed E-state index contributed by atoms with van der Waals surface area (Å²) in [5, 5.41) is 0.763. The molecule has 0 aliphatic carbocycles. The number of hydrogen-bond donors (Lipinski definition) is 0. The fourth-order valence-corrected chi connectivity index (χ4v) is 2.87. The number of carbonyl (C=O) groups is 1. The number of rotatable bonds is 3. The van der Waals surface area contributed by atoms with Crippen LogP contribution < -0.4 is 4.90 Å². The second-order valence-electron chi connectivity index (χ2n) is 5.50.